The lowest BCUT2D eigenvalue weighted by Gasteiger charge is -2.34. The summed E-state index contributed by atoms with van der Waals surface area (Å²) in [5, 5.41) is 3.37. The zero-order valence-electron chi connectivity index (χ0n) is 11.3. The first kappa shape index (κ1) is 14.3. The lowest BCUT2D eigenvalue weighted by atomic mass is 10.1. The summed E-state index contributed by atoms with van der Waals surface area (Å²) in [5.41, 5.74) is -0.427. The van der Waals surface area contributed by atoms with E-state index in [4.69, 9.17) is 9.47 Å². The third-order valence-corrected chi connectivity index (χ3v) is 2.58. The highest BCUT2D eigenvalue weighted by atomic mass is 16.6. The molecule has 1 fully saturated rings. The number of carbonyl (C=O) groups excluding carboxylic acids is 1. The minimum atomic E-state index is -0.427. The van der Waals surface area contributed by atoms with Gasteiger partial charge in [-0.3, -0.25) is 0 Å². The first-order chi connectivity index (χ1) is 7.92. The van der Waals surface area contributed by atoms with Crippen LogP contribution in [0.25, 0.3) is 0 Å². The van der Waals surface area contributed by atoms with Crippen molar-refractivity contribution in [1.29, 1.82) is 0 Å². The van der Waals surface area contributed by atoms with E-state index in [9.17, 15) is 4.79 Å². The smallest absolute Gasteiger partial charge is 0.410 e. The number of methoxy groups -OCH3 is 1. The minimum Gasteiger partial charge on any atom is -0.444 e. The SMILES string of the molecule is COCC[C@H]1CN(C(=O)OC(C)(C)C)CCN1. The second kappa shape index (κ2) is 6.21. The summed E-state index contributed by atoms with van der Waals surface area (Å²) in [6.07, 6.45) is 0.692. The third-order valence-electron chi connectivity index (χ3n) is 2.58. The highest BCUT2D eigenvalue weighted by Gasteiger charge is 2.26. The number of hydrogen-bond donors (Lipinski definition) is 1. The fourth-order valence-corrected chi connectivity index (χ4v) is 1.77. The molecular weight excluding hydrogens is 220 g/mol. The van der Waals surface area contributed by atoms with Gasteiger partial charge in [-0.2, -0.15) is 0 Å². The Morgan fingerprint density at radius 3 is 2.76 bits per heavy atom. The van der Waals surface area contributed by atoms with Crippen LogP contribution in [-0.4, -0.2) is 56.0 Å². The summed E-state index contributed by atoms with van der Waals surface area (Å²) in [5.74, 6) is 0. The Morgan fingerprint density at radius 2 is 2.18 bits per heavy atom. The molecule has 1 amide bonds. The van der Waals surface area contributed by atoms with Crippen LogP contribution >= 0.6 is 0 Å². The second-order valence-corrected chi connectivity index (χ2v) is 5.36. The Kier molecular flexibility index (Phi) is 5.21. The fourth-order valence-electron chi connectivity index (χ4n) is 1.77. The van der Waals surface area contributed by atoms with E-state index in [-0.39, 0.29) is 6.09 Å². The average molecular weight is 244 g/mol. The normalized spacial score (nSPS) is 21.4. The van der Waals surface area contributed by atoms with Crippen molar-refractivity contribution in [3.63, 3.8) is 0 Å². The summed E-state index contributed by atoms with van der Waals surface area (Å²) in [6, 6.07) is 0.302. The van der Waals surface area contributed by atoms with Crippen molar-refractivity contribution < 1.29 is 14.3 Å². The molecule has 0 bridgehead atoms. The number of nitrogens with zero attached hydrogens (tertiary/aromatic N) is 1. The van der Waals surface area contributed by atoms with E-state index < -0.39 is 5.60 Å². The van der Waals surface area contributed by atoms with Crippen molar-refractivity contribution in [1.82, 2.24) is 10.2 Å². The summed E-state index contributed by atoms with van der Waals surface area (Å²) in [7, 11) is 1.69. The molecule has 1 N–H and O–H groups in total. The van der Waals surface area contributed by atoms with E-state index in [0.29, 0.717) is 25.7 Å². The Bertz CT molecular complexity index is 251. The number of nitrogens with one attached hydrogen (secondary N) is 1. The standard InChI is InChI=1S/C12H24N2O3/c1-12(2,3)17-11(15)14-7-6-13-10(9-14)5-8-16-4/h10,13H,5-9H2,1-4H3/t10-/m0/s1. The van der Waals surface area contributed by atoms with Gasteiger partial charge < -0.3 is 19.7 Å². The van der Waals surface area contributed by atoms with Crippen molar-refractivity contribution in [3.05, 3.63) is 0 Å². The average Bonchev–Trinajstić information content (AvgIpc) is 2.24. The topological polar surface area (TPSA) is 50.8 Å². The monoisotopic (exact) mass is 244 g/mol. The van der Waals surface area contributed by atoms with E-state index in [1.807, 2.05) is 20.8 Å². The highest BCUT2D eigenvalue weighted by Crippen LogP contribution is 2.12. The van der Waals surface area contributed by atoms with Gasteiger partial charge in [0, 0.05) is 39.4 Å². The Balaban J connectivity index is 2.40. The molecule has 1 rings (SSSR count). The van der Waals surface area contributed by atoms with Crippen LogP contribution in [0.2, 0.25) is 0 Å². The van der Waals surface area contributed by atoms with Gasteiger partial charge in [-0.1, -0.05) is 0 Å². The summed E-state index contributed by atoms with van der Waals surface area (Å²) >= 11 is 0. The molecule has 5 heteroatoms. The van der Waals surface area contributed by atoms with Crippen LogP contribution in [0, 0.1) is 0 Å². The summed E-state index contributed by atoms with van der Waals surface area (Å²) < 4.78 is 10.4. The van der Waals surface area contributed by atoms with Gasteiger partial charge in [-0.15, -0.1) is 0 Å². The van der Waals surface area contributed by atoms with Crippen LogP contribution in [0.15, 0.2) is 0 Å². The first-order valence-corrected chi connectivity index (χ1v) is 6.12. The largest absolute Gasteiger partial charge is 0.444 e. The zero-order valence-corrected chi connectivity index (χ0v) is 11.3. The molecule has 0 radical (unpaired) electrons. The van der Waals surface area contributed by atoms with E-state index in [1.165, 1.54) is 0 Å². The maximum absolute atomic E-state index is 11.9. The quantitative estimate of drug-likeness (QED) is 0.811. The number of amides is 1. The maximum Gasteiger partial charge on any atom is 0.410 e. The van der Waals surface area contributed by atoms with Gasteiger partial charge in [-0.05, 0) is 27.2 Å². The van der Waals surface area contributed by atoms with Crippen LogP contribution in [0.5, 0.6) is 0 Å². The lowest BCUT2D eigenvalue weighted by molar-refractivity contribution is 0.0183. The van der Waals surface area contributed by atoms with Crippen LogP contribution in [0.3, 0.4) is 0 Å². The van der Waals surface area contributed by atoms with Gasteiger partial charge >= 0.3 is 6.09 Å². The van der Waals surface area contributed by atoms with Gasteiger partial charge in [-0.25, -0.2) is 4.79 Å². The molecule has 0 aromatic carbocycles. The molecule has 1 heterocycles. The first-order valence-electron chi connectivity index (χ1n) is 6.12. The molecule has 5 nitrogen and oxygen atoms in total. The van der Waals surface area contributed by atoms with Crippen molar-refractivity contribution in [2.75, 3.05) is 33.4 Å². The molecule has 0 aromatic rings. The number of carbonyl (C=O) groups is 1. The molecule has 1 aliphatic heterocycles. The number of ether oxygens (including phenoxy) is 2. The van der Waals surface area contributed by atoms with Crippen LogP contribution in [0.4, 0.5) is 4.79 Å². The number of rotatable bonds is 3. The highest BCUT2D eigenvalue weighted by molar-refractivity contribution is 5.68. The van der Waals surface area contributed by atoms with Crippen LogP contribution < -0.4 is 5.32 Å². The van der Waals surface area contributed by atoms with Gasteiger partial charge in [0.25, 0.3) is 0 Å². The van der Waals surface area contributed by atoms with Crippen molar-refractivity contribution >= 4 is 6.09 Å². The van der Waals surface area contributed by atoms with Crippen molar-refractivity contribution in [2.45, 2.75) is 38.8 Å². The van der Waals surface area contributed by atoms with Crippen LogP contribution in [-0.2, 0) is 9.47 Å². The molecule has 100 valence electrons. The Morgan fingerprint density at radius 1 is 1.47 bits per heavy atom. The Hall–Kier alpha value is -0.810. The van der Waals surface area contributed by atoms with E-state index in [1.54, 1.807) is 12.0 Å². The molecule has 0 unspecified atom stereocenters. The number of hydrogen-bond acceptors (Lipinski definition) is 4. The van der Waals surface area contributed by atoms with E-state index in [2.05, 4.69) is 5.32 Å². The van der Waals surface area contributed by atoms with Gasteiger partial charge in [0.05, 0.1) is 0 Å². The number of piperazine rings is 1. The molecule has 0 aromatic heterocycles. The zero-order chi connectivity index (χ0) is 12.9. The van der Waals surface area contributed by atoms with Gasteiger partial charge in [0.1, 0.15) is 5.60 Å². The molecule has 0 saturated carbocycles. The second-order valence-electron chi connectivity index (χ2n) is 5.36. The molecule has 1 aliphatic rings. The molecular formula is C12H24N2O3. The molecule has 1 saturated heterocycles. The Labute approximate surface area is 103 Å². The fraction of sp³-hybridized carbons (Fsp3) is 0.917. The van der Waals surface area contributed by atoms with Gasteiger partial charge in [0.15, 0.2) is 0 Å². The third kappa shape index (κ3) is 5.37. The molecule has 1 atom stereocenters. The van der Waals surface area contributed by atoms with Gasteiger partial charge in [0.2, 0.25) is 0 Å². The van der Waals surface area contributed by atoms with Crippen molar-refractivity contribution in [2.24, 2.45) is 0 Å². The molecule has 0 aliphatic carbocycles. The predicted molar refractivity (Wildman–Crippen MR) is 66.1 cm³/mol. The van der Waals surface area contributed by atoms with Crippen LogP contribution in [0.1, 0.15) is 27.2 Å². The summed E-state index contributed by atoms with van der Waals surface area (Å²) in [4.78, 5) is 13.6. The lowest BCUT2D eigenvalue weighted by Crippen LogP contribution is -2.53. The van der Waals surface area contributed by atoms with E-state index >= 15 is 0 Å². The van der Waals surface area contributed by atoms with E-state index in [0.717, 1.165) is 13.0 Å². The predicted octanol–water partition coefficient (Wildman–Crippen LogP) is 1.23. The maximum atomic E-state index is 11.9. The molecule has 17 heavy (non-hydrogen) atoms. The summed E-state index contributed by atoms with van der Waals surface area (Å²) in [6.45, 7) is 8.57. The minimum absolute atomic E-state index is 0.221. The van der Waals surface area contributed by atoms with Crippen molar-refractivity contribution in [3.8, 4) is 0 Å². The molecule has 0 spiro atoms.